The van der Waals surface area contributed by atoms with Crippen LogP contribution < -0.4 is 19.6 Å². The van der Waals surface area contributed by atoms with Gasteiger partial charge in [-0.3, -0.25) is 4.79 Å². The largest absolute Gasteiger partial charge is 0.504 e. The van der Waals surface area contributed by atoms with Gasteiger partial charge in [-0.15, -0.1) is 0 Å². The van der Waals surface area contributed by atoms with Crippen molar-refractivity contribution in [2.45, 2.75) is 0 Å². The summed E-state index contributed by atoms with van der Waals surface area (Å²) in [7, 11) is 4.37. The lowest BCUT2D eigenvalue weighted by atomic mass is 10.1. The number of hydrogen-bond donors (Lipinski definition) is 1. The van der Waals surface area contributed by atoms with Gasteiger partial charge < -0.3 is 23.7 Å². The molecule has 0 amide bonds. The van der Waals surface area contributed by atoms with Gasteiger partial charge in [0.15, 0.2) is 23.0 Å². The van der Waals surface area contributed by atoms with E-state index in [1.165, 1.54) is 33.5 Å². The van der Waals surface area contributed by atoms with E-state index >= 15 is 0 Å². The first-order valence-corrected chi connectivity index (χ1v) is 6.49. The van der Waals surface area contributed by atoms with Crippen LogP contribution in [-0.2, 0) is 0 Å². The van der Waals surface area contributed by atoms with Gasteiger partial charge in [0.05, 0.1) is 26.7 Å². The molecule has 0 atom stereocenters. The standard InChI is InChI=1S/C16H14O6/c1-19-12-6-8-11(7-13(12)20-2)22-10-5-4-9(17)16(21-3)14(10)15(8)18/h4-7,17H,1-3H3. The second kappa shape index (κ2) is 5.14. The normalized spacial score (nSPS) is 10.9. The molecule has 1 aromatic heterocycles. The van der Waals surface area contributed by atoms with Crippen molar-refractivity contribution in [3.63, 3.8) is 0 Å². The molecule has 3 aromatic rings. The van der Waals surface area contributed by atoms with Crippen molar-refractivity contribution >= 4 is 21.9 Å². The van der Waals surface area contributed by atoms with Crippen LogP contribution in [0.3, 0.4) is 0 Å². The van der Waals surface area contributed by atoms with Gasteiger partial charge in [-0.2, -0.15) is 0 Å². The van der Waals surface area contributed by atoms with Crippen molar-refractivity contribution in [2.24, 2.45) is 0 Å². The van der Waals surface area contributed by atoms with Crippen LogP contribution in [0.2, 0.25) is 0 Å². The number of fused-ring (bicyclic) bond motifs is 2. The average molecular weight is 302 g/mol. The number of phenols is 1. The molecule has 6 heteroatoms. The molecule has 114 valence electrons. The van der Waals surface area contributed by atoms with Gasteiger partial charge in [0.25, 0.3) is 0 Å². The van der Waals surface area contributed by atoms with E-state index in [0.717, 1.165) is 0 Å². The molecule has 0 aliphatic carbocycles. The van der Waals surface area contributed by atoms with Crippen LogP contribution in [0, 0.1) is 0 Å². The summed E-state index contributed by atoms with van der Waals surface area (Å²) >= 11 is 0. The first-order valence-electron chi connectivity index (χ1n) is 6.49. The topological polar surface area (TPSA) is 78.1 Å². The van der Waals surface area contributed by atoms with Crippen LogP contribution in [0.25, 0.3) is 21.9 Å². The average Bonchev–Trinajstić information content (AvgIpc) is 2.54. The predicted molar refractivity (Wildman–Crippen MR) is 81.3 cm³/mol. The van der Waals surface area contributed by atoms with Crippen molar-refractivity contribution in [2.75, 3.05) is 21.3 Å². The van der Waals surface area contributed by atoms with Crippen molar-refractivity contribution in [3.8, 4) is 23.0 Å². The minimum absolute atomic E-state index is 0.0861. The van der Waals surface area contributed by atoms with Crippen LogP contribution in [0.5, 0.6) is 23.0 Å². The summed E-state index contributed by atoms with van der Waals surface area (Å²) in [6.07, 6.45) is 0. The van der Waals surface area contributed by atoms with Gasteiger partial charge in [0.1, 0.15) is 16.6 Å². The molecule has 6 nitrogen and oxygen atoms in total. The van der Waals surface area contributed by atoms with E-state index in [1.54, 1.807) is 12.1 Å². The van der Waals surface area contributed by atoms with Crippen LogP contribution >= 0.6 is 0 Å². The summed E-state index contributed by atoms with van der Waals surface area (Å²) < 4.78 is 21.3. The van der Waals surface area contributed by atoms with Crippen LogP contribution in [0.15, 0.2) is 33.5 Å². The number of aromatic hydroxyl groups is 1. The highest BCUT2D eigenvalue weighted by Gasteiger charge is 2.17. The van der Waals surface area contributed by atoms with E-state index in [4.69, 9.17) is 18.6 Å². The van der Waals surface area contributed by atoms with Crippen molar-refractivity contribution in [1.29, 1.82) is 0 Å². The minimum Gasteiger partial charge on any atom is -0.504 e. The van der Waals surface area contributed by atoms with Gasteiger partial charge in [-0.25, -0.2) is 0 Å². The van der Waals surface area contributed by atoms with Crippen LogP contribution in [0.4, 0.5) is 0 Å². The Labute approximate surface area is 125 Å². The Morgan fingerprint density at radius 1 is 0.955 bits per heavy atom. The summed E-state index contributed by atoms with van der Waals surface area (Å²) in [5.41, 5.74) is 0.368. The lowest BCUT2D eigenvalue weighted by Crippen LogP contribution is -2.05. The second-order valence-electron chi connectivity index (χ2n) is 4.63. The first kappa shape index (κ1) is 14.1. The molecule has 0 saturated heterocycles. The third-order valence-corrected chi connectivity index (χ3v) is 3.48. The molecular weight excluding hydrogens is 288 g/mol. The minimum atomic E-state index is -0.315. The molecular formula is C16H14O6. The zero-order valence-electron chi connectivity index (χ0n) is 12.3. The molecule has 3 rings (SSSR count). The smallest absolute Gasteiger partial charge is 0.204 e. The molecule has 0 bridgehead atoms. The van der Waals surface area contributed by atoms with Gasteiger partial charge in [0.2, 0.25) is 5.43 Å². The fraction of sp³-hybridized carbons (Fsp3) is 0.188. The molecule has 2 aromatic carbocycles. The zero-order chi connectivity index (χ0) is 15.9. The Morgan fingerprint density at radius 2 is 1.64 bits per heavy atom. The highest BCUT2D eigenvalue weighted by atomic mass is 16.5. The summed E-state index contributed by atoms with van der Waals surface area (Å²) in [4.78, 5) is 12.7. The van der Waals surface area contributed by atoms with E-state index in [1.807, 2.05) is 0 Å². The van der Waals surface area contributed by atoms with E-state index < -0.39 is 0 Å². The van der Waals surface area contributed by atoms with Gasteiger partial charge in [-0.1, -0.05) is 0 Å². The molecule has 0 fully saturated rings. The van der Waals surface area contributed by atoms with E-state index in [0.29, 0.717) is 28.1 Å². The van der Waals surface area contributed by atoms with Crippen molar-refractivity contribution < 1.29 is 23.7 Å². The quantitative estimate of drug-likeness (QED) is 0.749. The van der Waals surface area contributed by atoms with Crippen molar-refractivity contribution in [3.05, 3.63) is 34.5 Å². The maximum absolute atomic E-state index is 12.7. The highest BCUT2D eigenvalue weighted by molar-refractivity contribution is 5.95. The Hall–Kier alpha value is -2.89. The summed E-state index contributed by atoms with van der Waals surface area (Å²) in [5, 5.41) is 10.3. The molecule has 22 heavy (non-hydrogen) atoms. The Morgan fingerprint density at radius 3 is 2.27 bits per heavy atom. The summed E-state index contributed by atoms with van der Waals surface area (Å²) in [5.74, 6) is 0.842. The molecule has 1 heterocycles. The van der Waals surface area contributed by atoms with Gasteiger partial charge >= 0.3 is 0 Å². The number of phenolic OH excluding ortho intramolecular Hbond substituents is 1. The number of hydrogen-bond acceptors (Lipinski definition) is 6. The number of ether oxygens (including phenoxy) is 3. The first-order chi connectivity index (χ1) is 10.6. The monoisotopic (exact) mass is 302 g/mol. The van der Waals surface area contributed by atoms with E-state index in [-0.39, 0.29) is 22.3 Å². The molecule has 0 aliphatic rings. The van der Waals surface area contributed by atoms with E-state index in [9.17, 15) is 9.90 Å². The third-order valence-electron chi connectivity index (χ3n) is 3.48. The summed E-state index contributed by atoms with van der Waals surface area (Å²) in [6.45, 7) is 0. The van der Waals surface area contributed by atoms with Gasteiger partial charge in [-0.05, 0) is 18.2 Å². The number of methoxy groups -OCH3 is 3. The predicted octanol–water partition coefficient (Wildman–Crippen LogP) is 2.68. The van der Waals surface area contributed by atoms with Crippen LogP contribution in [-0.4, -0.2) is 26.4 Å². The zero-order valence-corrected chi connectivity index (χ0v) is 12.3. The number of rotatable bonds is 3. The fourth-order valence-corrected chi connectivity index (χ4v) is 2.44. The van der Waals surface area contributed by atoms with Crippen LogP contribution in [0.1, 0.15) is 0 Å². The fourth-order valence-electron chi connectivity index (χ4n) is 2.44. The molecule has 0 spiro atoms. The number of benzene rings is 2. The van der Waals surface area contributed by atoms with Crippen molar-refractivity contribution in [1.82, 2.24) is 0 Å². The molecule has 1 N–H and O–H groups in total. The lowest BCUT2D eigenvalue weighted by molar-refractivity contribution is 0.355. The maximum Gasteiger partial charge on any atom is 0.204 e. The molecule has 0 unspecified atom stereocenters. The maximum atomic E-state index is 12.7. The third kappa shape index (κ3) is 1.92. The summed E-state index contributed by atoms with van der Waals surface area (Å²) in [6, 6.07) is 6.07. The Kier molecular flexibility index (Phi) is 3.29. The van der Waals surface area contributed by atoms with Gasteiger partial charge in [0, 0.05) is 6.07 Å². The highest BCUT2D eigenvalue weighted by Crippen LogP contribution is 2.36. The molecule has 0 radical (unpaired) electrons. The SMILES string of the molecule is COc1cc2oc3ccc(O)c(OC)c3c(=O)c2cc1OC. The molecule has 0 saturated carbocycles. The Balaban J connectivity index is 2.50. The van der Waals surface area contributed by atoms with E-state index in [2.05, 4.69) is 0 Å². The molecule has 0 aliphatic heterocycles. The lowest BCUT2D eigenvalue weighted by Gasteiger charge is -2.10. The second-order valence-corrected chi connectivity index (χ2v) is 4.63. The Bertz CT molecular complexity index is 925.